The standard InChI is InChI=1S/C12H20N4O2/c1-5-13-10(17)7-14-11(18)8-6-9(16-15-8)12(2,3)4/h6H,5,7H2,1-4H3,(H,13,17)(H,14,18)(H,15,16). The van der Waals surface area contributed by atoms with Crippen LogP contribution in [-0.4, -0.2) is 35.1 Å². The summed E-state index contributed by atoms with van der Waals surface area (Å²) < 4.78 is 0. The van der Waals surface area contributed by atoms with Crippen molar-refractivity contribution in [2.45, 2.75) is 33.1 Å². The summed E-state index contributed by atoms with van der Waals surface area (Å²) in [6, 6.07) is 1.70. The smallest absolute Gasteiger partial charge is 0.272 e. The first-order valence-corrected chi connectivity index (χ1v) is 5.95. The minimum atomic E-state index is -0.354. The Morgan fingerprint density at radius 1 is 1.33 bits per heavy atom. The lowest BCUT2D eigenvalue weighted by molar-refractivity contribution is -0.120. The molecule has 1 aromatic rings. The monoisotopic (exact) mass is 252 g/mol. The number of carbonyl (C=O) groups excluding carboxylic acids is 2. The van der Waals surface area contributed by atoms with Crippen molar-refractivity contribution in [3.63, 3.8) is 0 Å². The molecule has 0 spiro atoms. The van der Waals surface area contributed by atoms with E-state index in [0.29, 0.717) is 12.2 Å². The summed E-state index contributed by atoms with van der Waals surface area (Å²) in [6.45, 7) is 8.41. The second kappa shape index (κ2) is 5.66. The first-order valence-electron chi connectivity index (χ1n) is 5.95. The molecule has 0 aliphatic carbocycles. The lowest BCUT2D eigenvalue weighted by Crippen LogP contribution is -2.36. The number of rotatable bonds is 4. The van der Waals surface area contributed by atoms with Crippen molar-refractivity contribution in [2.75, 3.05) is 13.1 Å². The second-order valence-electron chi connectivity index (χ2n) is 5.05. The number of likely N-dealkylation sites (N-methyl/N-ethyl adjacent to an activating group) is 1. The van der Waals surface area contributed by atoms with Crippen LogP contribution in [0.5, 0.6) is 0 Å². The number of H-pyrrole nitrogens is 1. The van der Waals surface area contributed by atoms with Gasteiger partial charge in [0.05, 0.1) is 6.54 Å². The Labute approximate surface area is 107 Å². The van der Waals surface area contributed by atoms with Crippen LogP contribution in [0.15, 0.2) is 6.07 Å². The van der Waals surface area contributed by atoms with Crippen LogP contribution in [0, 0.1) is 0 Å². The molecule has 3 N–H and O–H groups in total. The highest BCUT2D eigenvalue weighted by atomic mass is 16.2. The molecular weight excluding hydrogens is 232 g/mol. The van der Waals surface area contributed by atoms with Gasteiger partial charge in [0, 0.05) is 17.7 Å². The summed E-state index contributed by atoms with van der Waals surface area (Å²) in [4.78, 5) is 22.9. The average molecular weight is 252 g/mol. The number of hydrogen-bond donors (Lipinski definition) is 3. The number of aromatic nitrogens is 2. The third-order valence-corrected chi connectivity index (χ3v) is 2.40. The van der Waals surface area contributed by atoms with E-state index in [4.69, 9.17) is 0 Å². The summed E-state index contributed by atoms with van der Waals surface area (Å²) in [6.07, 6.45) is 0. The quantitative estimate of drug-likeness (QED) is 0.732. The van der Waals surface area contributed by atoms with Crippen molar-refractivity contribution in [3.8, 4) is 0 Å². The van der Waals surface area contributed by atoms with Crippen molar-refractivity contribution in [1.29, 1.82) is 0 Å². The van der Waals surface area contributed by atoms with E-state index >= 15 is 0 Å². The predicted octanol–water partition coefficient (Wildman–Crippen LogP) is 0.573. The molecule has 6 heteroatoms. The van der Waals surface area contributed by atoms with Gasteiger partial charge in [0.1, 0.15) is 5.69 Å². The van der Waals surface area contributed by atoms with E-state index in [1.165, 1.54) is 0 Å². The molecule has 0 aromatic carbocycles. The van der Waals surface area contributed by atoms with Crippen LogP contribution < -0.4 is 10.6 Å². The first-order chi connectivity index (χ1) is 8.34. The van der Waals surface area contributed by atoms with E-state index in [1.807, 2.05) is 27.7 Å². The SMILES string of the molecule is CCNC(=O)CNC(=O)c1cc(C(C)(C)C)[nH]n1. The van der Waals surface area contributed by atoms with Crippen LogP contribution >= 0.6 is 0 Å². The molecule has 0 atom stereocenters. The maximum atomic E-state index is 11.7. The van der Waals surface area contributed by atoms with Gasteiger partial charge < -0.3 is 10.6 Å². The third-order valence-electron chi connectivity index (χ3n) is 2.40. The average Bonchev–Trinajstić information content (AvgIpc) is 2.75. The molecule has 18 heavy (non-hydrogen) atoms. The van der Waals surface area contributed by atoms with E-state index in [1.54, 1.807) is 6.07 Å². The van der Waals surface area contributed by atoms with Crippen molar-refractivity contribution in [2.24, 2.45) is 0 Å². The van der Waals surface area contributed by atoms with Gasteiger partial charge in [-0.3, -0.25) is 14.7 Å². The van der Waals surface area contributed by atoms with Gasteiger partial charge in [0.15, 0.2) is 0 Å². The molecule has 0 aliphatic heterocycles. The molecule has 1 aromatic heterocycles. The van der Waals surface area contributed by atoms with E-state index in [-0.39, 0.29) is 23.8 Å². The van der Waals surface area contributed by atoms with Crippen LogP contribution in [-0.2, 0) is 10.2 Å². The molecule has 0 bridgehead atoms. The van der Waals surface area contributed by atoms with Gasteiger partial charge in [0.2, 0.25) is 5.91 Å². The maximum absolute atomic E-state index is 11.7. The summed E-state index contributed by atoms with van der Waals surface area (Å²) >= 11 is 0. The number of carbonyl (C=O) groups is 2. The van der Waals surface area contributed by atoms with Crippen LogP contribution in [0.3, 0.4) is 0 Å². The largest absolute Gasteiger partial charge is 0.355 e. The molecule has 6 nitrogen and oxygen atoms in total. The molecular formula is C12H20N4O2. The lowest BCUT2D eigenvalue weighted by Gasteiger charge is -2.14. The number of amides is 2. The Hall–Kier alpha value is -1.85. The minimum absolute atomic E-state index is 0.0373. The summed E-state index contributed by atoms with van der Waals surface area (Å²) in [5, 5.41) is 11.9. The van der Waals surface area contributed by atoms with Crippen LogP contribution in [0.25, 0.3) is 0 Å². The Morgan fingerprint density at radius 3 is 2.50 bits per heavy atom. The first kappa shape index (κ1) is 14.2. The number of aromatic amines is 1. The van der Waals surface area contributed by atoms with Gasteiger partial charge in [-0.25, -0.2) is 0 Å². The highest BCUT2D eigenvalue weighted by Gasteiger charge is 2.19. The molecule has 100 valence electrons. The fourth-order valence-electron chi connectivity index (χ4n) is 1.33. The molecule has 0 saturated carbocycles. The molecule has 0 fully saturated rings. The van der Waals surface area contributed by atoms with Gasteiger partial charge in [-0.15, -0.1) is 0 Å². The van der Waals surface area contributed by atoms with E-state index in [9.17, 15) is 9.59 Å². The van der Waals surface area contributed by atoms with Crippen molar-refractivity contribution in [3.05, 3.63) is 17.5 Å². The Kier molecular flexibility index (Phi) is 4.47. The lowest BCUT2D eigenvalue weighted by atomic mass is 9.92. The summed E-state index contributed by atoms with van der Waals surface area (Å²) in [7, 11) is 0. The zero-order chi connectivity index (χ0) is 13.8. The van der Waals surface area contributed by atoms with E-state index in [2.05, 4.69) is 20.8 Å². The van der Waals surface area contributed by atoms with Gasteiger partial charge in [-0.2, -0.15) is 5.10 Å². The van der Waals surface area contributed by atoms with Gasteiger partial charge >= 0.3 is 0 Å². The molecule has 0 unspecified atom stereocenters. The van der Waals surface area contributed by atoms with Gasteiger partial charge in [-0.1, -0.05) is 20.8 Å². The number of nitrogens with one attached hydrogen (secondary N) is 3. The molecule has 2 amide bonds. The van der Waals surface area contributed by atoms with E-state index < -0.39 is 0 Å². The highest BCUT2D eigenvalue weighted by molar-refractivity contribution is 5.94. The Balaban J connectivity index is 2.57. The maximum Gasteiger partial charge on any atom is 0.272 e. The van der Waals surface area contributed by atoms with Crippen LogP contribution in [0.2, 0.25) is 0 Å². The zero-order valence-corrected chi connectivity index (χ0v) is 11.3. The normalized spacial score (nSPS) is 11.1. The third kappa shape index (κ3) is 3.87. The molecule has 0 aliphatic rings. The Morgan fingerprint density at radius 2 is 2.00 bits per heavy atom. The summed E-state index contributed by atoms with van der Waals surface area (Å²) in [5.41, 5.74) is 1.08. The summed E-state index contributed by atoms with van der Waals surface area (Å²) in [5.74, 6) is -0.564. The fraction of sp³-hybridized carbons (Fsp3) is 0.583. The van der Waals surface area contributed by atoms with Crippen molar-refractivity contribution < 1.29 is 9.59 Å². The van der Waals surface area contributed by atoms with Gasteiger partial charge in [-0.05, 0) is 13.0 Å². The minimum Gasteiger partial charge on any atom is -0.355 e. The number of nitrogens with zero attached hydrogens (tertiary/aromatic N) is 1. The Bertz CT molecular complexity index is 432. The number of hydrogen-bond acceptors (Lipinski definition) is 3. The van der Waals surface area contributed by atoms with Crippen LogP contribution in [0.4, 0.5) is 0 Å². The molecule has 1 rings (SSSR count). The fourth-order valence-corrected chi connectivity index (χ4v) is 1.33. The predicted molar refractivity (Wildman–Crippen MR) is 68.3 cm³/mol. The topological polar surface area (TPSA) is 86.9 Å². The van der Waals surface area contributed by atoms with Crippen molar-refractivity contribution >= 4 is 11.8 Å². The zero-order valence-electron chi connectivity index (χ0n) is 11.3. The second-order valence-corrected chi connectivity index (χ2v) is 5.05. The van der Waals surface area contributed by atoms with Crippen LogP contribution in [0.1, 0.15) is 43.9 Å². The molecule has 0 radical (unpaired) electrons. The molecule has 0 saturated heterocycles. The van der Waals surface area contributed by atoms with Crippen molar-refractivity contribution in [1.82, 2.24) is 20.8 Å². The highest BCUT2D eigenvalue weighted by Crippen LogP contribution is 2.19. The van der Waals surface area contributed by atoms with Gasteiger partial charge in [0.25, 0.3) is 5.91 Å². The molecule has 1 heterocycles. The van der Waals surface area contributed by atoms with E-state index in [0.717, 1.165) is 5.69 Å².